The molecule has 3 aromatic rings. The monoisotopic (exact) mass is 419 g/mol. The summed E-state index contributed by atoms with van der Waals surface area (Å²) in [6, 6.07) is 17.5. The maximum atomic E-state index is 12.9. The molecule has 1 spiro atoms. The molecule has 0 aliphatic carbocycles. The second kappa shape index (κ2) is 6.78. The molecule has 2 aliphatic heterocycles. The van der Waals surface area contributed by atoms with E-state index in [0.717, 1.165) is 41.0 Å². The molecule has 1 unspecified atom stereocenters. The molecule has 3 aromatic carbocycles. The molecule has 4 nitrogen and oxygen atoms in total. The maximum Gasteiger partial charge on any atom is 0.340 e. The van der Waals surface area contributed by atoms with Gasteiger partial charge >= 0.3 is 5.97 Å². The quantitative estimate of drug-likeness (QED) is 0.483. The number of esters is 1. The van der Waals surface area contributed by atoms with Crippen molar-refractivity contribution in [2.24, 2.45) is 0 Å². The van der Waals surface area contributed by atoms with Crippen LogP contribution in [0.4, 0.5) is 5.69 Å². The van der Waals surface area contributed by atoms with Crippen molar-refractivity contribution in [3.63, 3.8) is 0 Å². The summed E-state index contributed by atoms with van der Waals surface area (Å²) in [6.07, 6.45) is 0. The summed E-state index contributed by atoms with van der Waals surface area (Å²) in [5, 5.41) is 0.616. The molecule has 0 bridgehead atoms. The van der Waals surface area contributed by atoms with E-state index in [4.69, 9.17) is 21.1 Å². The van der Waals surface area contributed by atoms with Crippen molar-refractivity contribution in [1.29, 1.82) is 0 Å². The summed E-state index contributed by atoms with van der Waals surface area (Å²) in [7, 11) is 0. The highest BCUT2D eigenvalue weighted by Gasteiger charge is 2.53. The topological polar surface area (TPSA) is 38.8 Å². The van der Waals surface area contributed by atoms with E-state index in [1.807, 2.05) is 55.5 Å². The van der Waals surface area contributed by atoms with E-state index in [-0.39, 0.29) is 5.97 Å². The number of aryl methyl sites for hydroxylation is 1. The lowest BCUT2D eigenvalue weighted by molar-refractivity contribution is 0.0224. The molecule has 0 fully saturated rings. The Morgan fingerprint density at radius 1 is 0.933 bits per heavy atom. The SMILES string of the molecule is CCN(CC)c1ccc2c(c1)Oc1cc(Cl)c(C)cc1C21OC(=O)c2ccccc21. The van der Waals surface area contributed by atoms with Crippen LogP contribution >= 0.6 is 11.6 Å². The van der Waals surface area contributed by atoms with Crippen molar-refractivity contribution < 1.29 is 14.3 Å². The predicted octanol–water partition coefficient (Wildman–Crippen LogP) is 6.06. The Morgan fingerprint density at radius 2 is 1.67 bits per heavy atom. The van der Waals surface area contributed by atoms with E-state index >= 15 is 0 Å². The molecule has 1 atom stereocenters. The first kappa shape index (κ1) is 19.0. The number of hydrogen-bond donors (Lipinski definition) is 0. The Morgan fingerprint density at radius 3 is 2.43 bits per heavy atom. The van der Waals surface area contributed by atoms with Gasteiger partial charge in [-0.05, 0) is 50.6 Å². The lowest BCUT2D eigenvalue weighted by Crippen LogP contribution is -2.33. The largest absolute Gasteiger partial charge is 0.456 e. The Bertz CT molecular complexity index is 1190. The van der Waals surface area contributed by atoms with Crippen LogP contribution in [0.1, 0.15) is 46.5 Å². The third-order valence-electron chi connectivity index (χ3n) is 6.11. The fourth-order valence-electron chi connectivity index (χ4n) is 4.58. The van der Waals surface area contributed by atoms with Crippen LogP contribution in [0.5, 0.6) is 11.5 Å². The zero-order chi connectivity index (χ0) is 21.0. The summed E-state index contributed by atoms with van der Waals surface area (Å²) >= 11 is 6.43. The number of fused-ring (bicyclic) bond motifs is 6. The predicted molar refractivity (Wildman–Crippen MR) is 118 cm³/mol. The minimum absolute atomic E-state index is 0.329. The lowest BCUT2D eigenvalue weighted by atomic mass is 9.77. The number of carbonyl (C=O) groups is 1. The molecule has 0 amide bonds. The minimum Gasteiger partial charge on any atom is -0.456 e. The lowest BCUT2D eigenvalue weighted by Gasteiger charge is -2.37. The number of nitrogens with zero attached hydrogens (tertiary/aromatic N) is 1. The fraction of sp³-hybridized carbons (Fsp3) is 0.240. The molecule has 0 saturated carbocycles. The second-order valence-electron chi connectivity index (χ2n) is 7.67. The van der Waals surface area contributed by atoms with Gasteiger partial charge in [-0.3, -0.25) is 0 Å². The third kappa shape index (κ3) is 2.50. The Kier molecular flexibility index (Phi) is 4.30. The van der Waals surface area contributed by atoms with Crippen LogP contribution in [0.25, 0.3) is 0 Å². The maximum absolute atomic E-state index is 12.9. The summed E-state index contributed by atoms with van der Waals surface area (Å²) in [5.74, 6) is 0.959. The normalized spacial score (nSPS) is 18.3. The van der Waals surface area contributed by atoms with Gasteiger partial charge in [-0.15, -0.1) is 0 Å². The van der Waals surface area contributed by atoms with Crippen molar-refractivity contribution in [1.82, 2.24) is 0 Å². The molecule has 0 saturated heterocycles. The van der Waals surface area contributed by atoms with Crippen molar-refractivity contribution in [3.8, 4) is 11.5 Å². The number of benzene rings is 3. The number of halogens is 1. The first-order valence-electron chi connectivity index (χ1n) is 10.2. The highest BCUT2D eigenvalue weighted by Crippen LogP contribution is 2.57. The number of rotatable bonds is 3. The highest BCUT2D eigenvalue weighted by atomic mass is 35.5. The van der Waals surface area contributed by atoms with E-state index in [9.17, 15) is 4.79 Å². The van der Waals surface area contributed by atoms with E-state index in [1.165, 1.54) is 0 Å². The first-order chi connectivity index (χ1) is 14.5. The van der Waals surface area contributed by atoms with Crippen LogP contribution < -0.4 is 9.64 Å². The average Bonchev–Trinajstić information content (AvgIpc) is 3.04. The molecule has 30 heavy (non-hydrogen) atoms. The van der Waals surface area contributed by atoms with Gasteiger partial charge in [-0.1, -0.05) is 29.8 Å². The number of carbonyl (C=O) groups excluding carboxylic acids is 1. The molecule has 5 rings (SSSR count). The van der Waals surface area contributed by atoms with Crippen LogP contribution in [0.3, 0.4) is 0 Å². The van der Waals surface area contributed by atoms with Crippen LogP contribution in [-0.4, -0.2) is 19.1 Å². The van der Waals surface area contributed by atoms with Gasteiger partial charge in [0.05, 0.1) is 5.56 Å². The van der Waals surface area contributed by atoms with Gasteiger partial charge in [0.25, 0.3) is 0 Å². The second-order valence-corrected chi connectivity index (χ2v) is 8.08. The van der Waals surface area contributed by atoms with Gasteiger partial charge in [0.2, 0.25) is 0 Å². The molecule has 2 heterocycles. The van der Waals surface area contributed by atoms with Crippen molar-refractivity contribution >= 4 is 23.3 Å². The van der Waals surface area contributed by atoms with Gasteiger partial charge in [0.15, 0.2) is 5.60 Å². The van der Waals surface area contributed by atoms with Crippen LogP contribution in [0, 0.1) is 6.92 Å². The first-order valence-corrected chi connectivity index (χ1v) is 10.6. The third-order valence-corrected chi connectivity index (χ3v) is 6.51. The minimum atomic E-state index is -1.05. The van der Waals surface area contributed by atoms with Gasteiger partial charge in [-0.2, -0.15) is 0 Å². The van der Waals surface area contributed by atoms with E-state index in [1.54, 1.807) is 0 Å². The van der Waals surface area contributed by atoms with Crippen molar-refractivity contribution in [2.45, 2.75) is 26.4 Å². The van der Waals surface area contributed by atoms with Gasteiger partial charge in [0.1, 0.15) is 11.5 Å². The summed E-state index contributed by atoms with van der Waals surface area (Å²) in [5.41, 5.74) is 3.95. The Balaban J connectivity index is 1.82. The van der Waals surface area contributed by atoms with Gasteiger partial charge in [0, 0.05) is 52.6 Å². The number of anilines is 1. The van der Waals surface area contributed by atoms with E-state index < -0.39 is 5.60 Å². The van der Waals surface area contributed by atoms with Crippen LogP contribution in [0.2, 0.25) is 5.02 Å². The molecular formula is C25H22ClNO3. The molecule has 0 N–H and O–H groups in total. The molecule has 5 heteroatoms. The smallest absolute Gasteiger partial charge is 0.340 e. The van der Waals surface area contributed by atoms with Gasteiger partial charge < -0.3 is 14.4 Å². The Hall–Kier alpha value is -2.98. The zero-order valence-electron chi connectivity index (χ0n) is 17.2. The molecule has 0 aromatic heterocycles. The van der Waals surface area contributed by atoms with Crippen molar-refractivity contribution in [2.75, 3.05) is 18.0 Å². The molecule has 2 aliphatic rings. The highest BCUT2D eigenvalue weighted by molar-refractivity contribution is 6.31. The molecular weight excluding hydrogens is 398 g/mol. The number of ether oxygens (including phenoxy) is 2. The summed E-state index contributed by atoms with van der Waals surface area (Å²) in [6.45, 7) is 7.97. The van der Waals surface area contributed by atoms with Crippen LogP contribution in [-0.2, 0) is 10.3 Å². The number of hydrogen-bond acceptors (Lipinski definition) is 4. The summed E-state index contributed by atoms with van der Waals surface area (Å²) < 4.78 is 12.5. The zero-order valence-corrected chi connectivity index (χ0v) is 17.9. The summed E-state index contributed by atoms with van der Waals surface area (Å²) in [4.78, 5) is 15.1. The Labute approximate surface area is 181 Å². The van der Waals surface area contributed by atoms with Crippen molar-refractivity contribution in [3.05, 3.63) is 87.4 Å². The fourth-order valence-corrected chi connectivity index (χ4v) is 4.73. The van der Waals surface area contributed by atoms with Crippen LogP contribution in [0.15, 0.2) is 54.6 Å². The van der Waals surface area contributed by atoms with Gasteiger partial charge in [-0.25, -0.2) is 4.79 Å². The standard InChI is InChI=1S/C25H22ClNO3/c1-4-27(5-2)16-10-11-19-22(13-16)29-23-14-21(26)15(3)12-20(23)25(19)18-9-7-6-8-17(18)24(28)30-25/h6-14H,4-5H2,1-3H3. The van der Waals surface area contributed by atoms with E-state index in [0.29, 0.717) is 22.1 Å². The molecule has 0 radical (unpaired) electrons. The average molecular weight is 420 g/mol. The van der Waals surface area contributed by atoms with E-state index in [2.05, 4.69) is 24.8 Å². The molecule has 152 valence electrons.